The lowest BCUT2D eigenvalue weighted by Gasteiger charge is -2.12. The third-order valence-corrected chi connectivity index (χ3v) is 28.6. The molecule has 0 saturated heterocycles. The summed E-state index contributed by atoms with van der Waals surface area (Å²) in [6, 6.07) is 175. The Bertz CT molecular complexity index is 10100. The van der Waals surface area contributed by atoms with E-state index in [9.17, 15) is 0 Å². The van der Waals surface area contributed by atoms with Gasteiger partial charge in [-0.05, 0) is 169 Å². The highest BCUT2D eigenvalue weighted by Crippen LogP contribution is 2.44. The van der Waals surface area contributed by atoms with Crippen molar-refractivity contribution in [1.82, 2.24) is 75.5 Å². The lowest BCUT2D eigenvalue weighted by molar-refractivity contribution is 0.953. The number of aromatic nitrogens is 16. The Kier molecular flexibility index (Phi) is 18.9. The number of para-hydroxylation sites is 13. The maximum absolute atomic E-state index is 5.34. The van der Waals surface area contributed by atoms with Crippen molar-refractivity contribution >= 4 is 159 Å². The van der Waals surface area contributed by atoms with E-state index in [-0.39, 0.29) is 0 Å². The third kappa shape index (κ3) is 13.4. The number of benzene rings is 19. The van der Waals surface area contributed by atoms with Gasteiger partial charge in [-0.25, -0.2) is 24.9 Å². The molecule has 0 spiro atoms. The molecule has 0 aliphatic carbocycles. The molecule has 678 valence electrons. The van der Waals surface area contributed by atoms with Gasteiger partial charge in [0.25, 0.3) is 0 Å². The normalized spacial score (nSPS) is 11.9. The zero-order valence-corrected chi connectivity index (χ0v) is 78.0. The van der Waals surface area contributed by atoms with Gasteiger partial charge in [0, 0.05) is 98.7 Å². The number of rotatable bonds is 12. The van der Waals surface area contributed by atoms with Crippen LogP contribution in [0.15, 0.2) is 497 Å². The Balaban J connectivity index is 0.000000103. The second-order valence-corrected chi connectivity index (χ2v) is 36.8. The van der Waals surface area contributed by atoms with Crippen molar-refractivity contribution in [2.24, 2.45) is 0 Å². The Morgan fingerprint density at radius 1 is 0.145 bits per heavy atom. The van der Waals surface area contributed by atoms with Crippen LogP contribution in [0.1, 0.15) is 0 Å². The molecular formula is C129H82N16. The van der Waals surface area contributed by atoms with E-state index < -0.39 is 0 Å². The van der Waals surface area contributed by atoms with Gasteiger partial charge in [-0.2, -0.15) is 9.97 Å². The highest BCUT2D eigenvalue weighted by molar-refractivity contribution is 6.14. The molecule has 0 unspecified atom stereocenters. The van der Waals surface area contributed by atoms with Crippen LogP contribution in [0.4, 0.5) is 0 Å². The number of hydrogen-bond acceptors (Lipinski definition) is 7. The lowest BCUT2D eigenvalue weighted by Crippen LogP contribution is -2.06. The van der Waals surface area contributed by atoms with E-state index >= 15 is 0 Å². The van der Waals surface area contributed by atoms with E-state index in [4.69, 9.17) is 34.9 Å². The minimum Gasteiger partial charge on any atom is -0.294 e. The van der Waals surface area contributed by atoms with Crippen molar-refractivity contribution in [1.29, 1.82) is 0 Å². The van der Waals surface area contributed by atoms with E-state index in [0.29, 0.717) is 29.5 Å². The molecular weight excluding hydrogens is 1770 g/mol. The Labute approximate surface area is 829 Å². The van der Waals surface area contributed by atoms with Crippen LogP contribution in [0.25, 0.3) is 262 Å². The molecule has 16 nitrogen and oxygen atoms in total. The van der Waals surface area contributed by atoms with Crippen LogP contribution in [0.5, 0.6) is 0 Å². The number of hydrogen-bond donors (Lipinski definition) is 0. The number of fused-ring (bicyclic) bond motifs is 25. The van der Waals surface area contributed by atoms with E-state index in [1.54, 1.807) is 0 Å². The predicted octanol–water partition coefficient (Wildman–Crippen LogP) is 31.3. The molecule has 0 aliphatic rings. The van der Waals surface area contributed by atoms with Crippen molar-refractivity contribution < 1.29 is 0 Å². The van der Waals surface area contributed by atoms with Crippen molar-refractivity contribution in [3.63, 3.8) is 0 Å². The second kappa shape index (κ2) is 33.4. The van der Waals surface area contributed by atoms with Crippen LogP contribution in [0, 0.1) is 0 Å². The average molecular weight is 1860 g/mol. The van der Waals surface area contributed by atoms with E-state index in [0.717, 1.165) is 161 Å². The molecule has 31 aromatic rings. The molecule has 16 heteroatoms. The van der Waals surface area contributed by atoms with E-state index in [2.05, 4.69) is 453 Å². The van der Waals surface area contributed by atoms with Gasteiger partial charge in [-0.15, -0.1) is 0 Å². The van der Waals surface area contributed by atoms with E-state index in [1.807, 2.05) is 84.9 Å². The fourth-order valence-corrected chi connectivity index (χ4v) is 22.1. The summed E-state index contributed by atoms with van der Waals surface area (Å²) < 4.78 is 20.8. The predicted molar refractivity (Wildman–Crippen MR) is 593 cm³/mol. The largest absolute Gasteiger partial charge is 0.294 e. The molecule has 0 fully saturated rings. The second-order valence-electron chi connectivity index (χ2n) is 36.8. The molecule has 31 rings (SSSR count). The third-order valence-electron chi connectivity index (χ3n) is 28.6. The Morgan fingerprint density at radius 3 is 0.800 bits per heavy atom. The number of imidazole rings is 3. The molecule has 0 amide bonds. The van der Waals surface area contributed by atoms with Crippen LogP contribution < -0.4 is 0 Å². The van der Waals surface area contributed by atoms with Crippen molar-refractivity contribution in [3.05, 3.63) is 497 Å². The summed E-state index contributed by atoms with van der Waals surface area (Å²) in [5.74, 6) is 3.16. The highest BCUT2D eigenvalue weighted by Gasteiger charge is 2.27. The zero-order valence-electron chi connectivity index (χ0n) is 78.0. The highest BCUT2D eigenvalue weighted by atomic mass is 15.2. The van der Waals surface area contributed by atoms with Crippen LogP contribution in [-0.4, -0.2) is 75.5 Å². The van der Waals surface area contributed by atoms with Gasteiger partial charge >= 0.3 is 0 Å². The molecule has 145 heavy (non-hydrogen) atoms. The first-order valence-electron chi connectivity index (χ1n) is 48.8. The van der Waals surface area contributed by atoms with Gasteiger partial charge in [-0.1, -0.05) is 340 Å². The summed E-state index contributed by atoms with van der Waals surface area (Å²) in [4.78, 5) is 36.0. The Morgan fingerprint density at radius 2 is 0.421 bits per heavy atom. The molecule has 0 saturated carbocycles. The smallest absolute Gasteiger partial charge is 0.238 e. The average Bonchev–Trinajstić information content (AvgIpc) is 1.56. The fourth-order valence-electron chi connectivity index (χ4n) is 22.1. The van der Waals surface area contributed by atoms with Gasteiger partial charge in [0.2, 0.25) is 17.8 Å². The molecule has 12 aromatic heterocycles. The van der Waals surface area contributed by atoms with Crippen molar-refractivity contribution in [3.8, 4) is 103 Å². The molecule has 12 heterocycles. The lowest BCUT2D eigenvalue weighted by atomic mass is 10.0. The first-order chi connectivity index (χ1) is 71.9. The van der Waals surface area contributed by atoms with Gasteiger partial charge in [0.05, 0.1) is 105 Å². The van der Waals surface area contributed by atoms with Gasteiger partial charge in [0.15, 0.2) is 11.6 Å². The fraction of sp³-hybridized carbons (Fsp3) is 0. The summed E-state index contributed by atoms with van der Waals surface area (Å²) in [5, 5.41) is 11.6. The SMILES string of the molecule is c1ccc(-c2cc(-c3ccccc3)nc(-n3c4ccccc4c4cc(-n5c6ccccc6n6c7ccccc7cc56)ccc43)n2)cc1.c1ccc(-c2ccc(-c3nc(-n4c5ccccc5c5cc(-n6c7ccccc7n7c8ccccc8cc67)ccc54)nc4ccccc34)cc2)cc1.c1ccc(-c2nc(-c3ccccc3)nc(-n3c4ccccc4c4cc(-n5c6ccccc6n6c7ccccc7cc56)ccc43)n2)cc1. The molecule has 0 bridgehead atoms. The van der Waals surface area contributed by atoms with Crippen molar-refractivity contribution in [2.75, 3.05) is 0 Å². The van der Waals surface area contributed by atoms with Crippen LogP contribution in [-0.2, 0) is 0 Å². The summed E-state index contributed by atoms with van der Waals surface area (Å²) in [6.07, 6.45) is 0. The summed E-state index contributed by atoms with van der Waals surface area (Å²) >= 11 is 0. The first kappa shape index (κ1) is 82.1. The Hall–Kier alpha value is -20.0. The zero-order chi connectivity index (χ0) is 95.3. The minimum atomic E-state index is 0.586. The quantitative estimate of drug-likeness (QED) is 0.119. The molecule has 0 aliphatic heterocycles. The van der Waals surface area contributed by atoms with Gasteiger partial charge in [0.1, 0.15) is 16.9 Å². The number of nitrogens with zero attached hydrogens (tertiary/aromatic N) is 16. The molecule has 0 atom stereocenters. The van der Waals surface area contributed by atoms with Gasteiger partial charge < -0.3 is 0 Å². The maximum Gasteiger partial charge on any atom is 0.238 e. The molecule has 0 N–H and O–H groups in total. The minimum absolute atomic E-state index is 0.586. The first-order valence-corrected chi connectivity index (χ1v) is 48.8. The summed E-state index contributed by atoms with van der Waals surface area (Å²) in [5.41, 5.74) is 34.8. The van der Waals surface area contributed by atoms with Crippen molar-refractivity contribution in [2.45, 2.75) is 0 Å². The van der Waals surface area contributed by atoms with Crippen LogP contribution >= 0.6 is 0 Å². The molecule has 19 aromatic carbocycles. The maximum atomic E-state index is 5.34. The van der Waals surface area contributed by atoms with Crippen LogP contribution in [0.2, 0.25) is 0 Å². The van der Waals surface area contributed by atoms with E-state index in [1.165, 1.54) is 71.4 Å². The van der Waals surface area contributed by atoms with Gasteiger partial charge in [-0.3, -0.25) is 40.6 Å². The summed E-state index contributed by atoms with van der Waals surface area (Å²) in [7, 11) is 0. The monoisotopic (exact) mass is 1850 g/mol. The van der Waals surface area contributed by atoms with Crippen LogP contribution in [0.3, 0.4) is 0 Å². The standard InChI is InChI=1S/C46H29N5.C42H27N5.C41H26N6/c1-2-12-30(13-3-1)31-22-24-32(25-23-31)45-36-16-5-7-17-38(36)47-46(48-45)51-40-19-9-6-15-35(40)37-29-34(26-27-41(37)51)49-42-20-10-11-21-43(42)50-39-18-8-4-14-33(39)28-44(49)50;1-3-13-28(14-4-1)34-27-35(29-15-5-2-6-16-29)44-42(43-34)47-37-20-10-8-18-32(37)33-26-31(23-24-38(33)47)45-39-21-11-12-22-40(39)46-36-19-9-7-17-30(36)25-41(45)46;1-3-13-27(14-4-1)39-42-40(28-15-5-2-6-16-28)44-41(43-39)47-34-20-10-8-18-31(34)32-26-30(23-24-35(32)47)45-36-21-11-12-22-37(36)46-33-19-9-7-17-29(33)25-38(45)46/h1-29H;1-27H;1-26H. The topological polar surface area (TPSA) is 133 Å². The molecule has 0 radical (unpaired) electrons. The summed E-state index contributed by atoms with van der Waals surface area (Å²) in [6.45, 7) is 0.